The van der Waals surface area contributed by atoms with Gasteiger partial charge in [-0.25, -0.2) is 0 Å². The molecule has 0 radical (unpaired) electrons. The van der Waals surface area contributed by atoms with Crippen LogP contribution in [0.3, 0.4) is 0 Å². The van der Waals surface area contributed by atoms with Crippen LogP contribution in [0.4, 0.5) is 17.8 Å². The van der Waals surface area contributed by atoms with Crippen LogP contribution in [0, 0.1) is 0 Å². The number of nitrogens with zero attached hydrogens (tertiary/aromatic N) is 6. The van der Waals surface area contributed by atoms with E-state index < -0.39 is 0 Å². The van der Waals surface area contributed by atoms with Crippen molar-refractivity contribution in [1.82, 2.24) is 15.0 Å². The fourth-order valence-corrected chi connectivity index (χ4v) is 3.96. The molecule has 0 aliphatic carbocycles. The average molecular weight is 382 g/mol. The molecule has 3 aliphatic rings. The van der Waals surface area contributed by atoms with Crippen molar-refractivity contribution in [1.29, 1.82) is 0 Å². The number of fused-ring (bicyclic) bond motifs is 1. The van der Waals surface area contributed by atoms with Gasteiger partial charge in [-0.15, -0.1) is 0 Å². The van der Waals surface area contributed by atoms with Crippen LogP contribution in [-0.2, 0) is 22.4 Å². The Morgan fingerprint density at radius 2 is 1.11 bits per heavy atom. The van der Waals surface area contributed by atoms with Gasteiger partial charge < -0.3 is 24.2 Å². The molecular formula is C20H26N6O2. The standard InChI is InChI=1S/C20H26N6O2/c1-2-4-17-15-26(6-5-16(17)3-1)20-22-18(24-7-11-27-12-8-24)21-19(23-20)25-9-13-28-14-10-25/h1-4H,5-15H2. The van der Waals surface area contributed by atoms with Crippen molar-refractivity contribution in [2.45, 2.75) is 13.0 Å². The minimum atomic E-state index is 0.713. The third-order valence-corrected chi connectivity index (χ3v) is 5.60. The van der Waals surface area contributed by atoms with Crippen molar-refractivity contribution < 1.29 is 9.47 Å². The van der Waals surface area contributed by atoms with E-state index in [1.54, 1.807) is 0 Å². The second-order valence-corrected chi connectivity index (χ2v) is 7.37. The van der Waals surface area contributed by atoms with Gasteiger partial charge in [0, 0.05) is 39.3 Å². The Kier molecular flexibility index (Phi) is 4.97. The highest BCUT2D eigenvalue weighted by Gasteiger charge is 2.24. The monoisotopic (exact) mass is 382 g/mol. The van der Waals surface area contributed by atoms with Crippen LogP contribution in [0.2, 0.25) is 0 Å². The normalized spacial score (nSPS) is 20.2. The van der Waals surface area contributed by atoms with Crippen molar-refractivity contribution in [3.8, 4) is 0 Å². The zero-order valence-electron chi connectivity index (χ0n) is 16.1. The predicted molar refractivity (Wildman–Crippen MR) is 107 cm³/mol. The van der Waals surface area contributed by atoms with Crippen LogP contribution < -0.4 is 14.7 Å². The van der Waals surface area contributed by atoms with Crippen LogP contribution in [0.15, 0.2) is 24.3 Å². The van der Waals surface area contributed by atoms with Gasteiger partial charge in [0.15, 0.2) is 0 Å². The zero-order chi connectivity index (χ0) is 18.8. The summed E-state index contributed by atoms with van der Waals surface area (Å²) in [4.78, 5) is 21.2. The maximum absolute atomic E-state index is 5.50. The van der Waals surface area contributed by atoms with Crippen LogP contribution in [0.1, 0.15) is 11.1 Å². The van der Waals surface area contributed by atoms with E-state index in [4.69, 9.17) is 24.4 Å². The van der Waals surface area contributed by atoms with Gasteiger partial charge >= 0.3 is 0 Å². The lowest BCUT2D eigenvalue weighted by Gasteiger charge is -2.33. The van der Waals surface area contributed by atoms with E-state index in [0.717, 1.165) is 63.5 Å². The largest absolute Gasteiger partial charge is 0.378 e. The summed E-state index contributed by atoms with van der Waals surface area (Å²) in [6, 6.07) is 8.64. The average Bonchev–Trinajstić information content (AvgIpc) is 2.79. The molecule has 3 aliphatic heterocycles. The minimum Gasteiger partial charge on any atom is -0.378 e. The van der Waals surface area contributed by atoms with Crippen molar-refractivity contribution in [2.75, 3.05) is 73.9 Å². The Bertz CT molecular complexity index is 784. The molecule has 8 nitrogen and oxygen atoms in total. The van der Waals surface area contributed by atoms with E-state index >= 15 is 0 Å². The first kappa shape index (κ1) is 17.6. The number of aromatic nitrogens is 3. The Morgan fingerprint density at radius 3 is 1.68 bits per heavy atom. The summed E-state index contributed by atoms with van der Waals surface area (Å²) in [5, 5.41) is 0. The summed E-state index contributed by atoms with van der Waals surface area (Å²) in [6.45, 7) is 7.87. The highest BCUT2D eigenvalue weighted by molar-refractivity contribution is 5.49. The van der Waals surface area contributed by atoms with Gasteiger partial charge in [0.25, 0.3) is 0 Å². The third kappa shape index (κ3) is 3.62. The lowest BCUT2D eigenvalue weighted by atomic mass is 10.0. The van der Waals surface area contributed by atoms with Crippen molar-refractivity contribution in [3.05, 3.63) is 35.4 Å². The van der Waals surface area contributed by atoms with E-state index in [0.29, 0.717) is 26.4 Å². The van der Waals surface area contributed by atoms with E-state index in [-0.39, 0.29) is 0 Å². The zero-order valence-corrected chi connectivity index (χ0v) is 16.1. The summed E-state index contributed by atoms with van der Waals surface area (Å²) in [5.74, 6) is 2.29. The number of morpholine rings is 2. The summed E-state index contributed by atoms with van der Waals surface area (Å²) in [7, 11) is 0. The highest BCUT2D eigenvalue weighted by atomic mass is 16.5. The minimum absolute atomic E-state index is 0.713. The smallest absolute Gasteiger partial charge is 0.232 e. The Hall–Kier alpha value is -2.45. The molecule has 28 heavy (non-hydrogen) atoms. The predicted octanol–water partition coefficient (Wildman–Crippen LogP) is 1.11. The molecule has 0 amide bonds. The van der Waals surface area contributed by atoms with Gasteiger partial charge in [-0.3, -0.25) is 0 Å². The van der Waals surface area contributed by atoms with Gasteiger partial charge in [-0.2, -0.15) is 15.0 Å². The number of benzene rings is 1. The summed E-state index contributed by atoms with van der Waals surface area (Å²) in [5.41, 5.74) is 2.78. The third-order valence-electron chi connectivity index (χ3n) is 5.60. The molecule has 1 aromatic heterocycles. The van der Waals surface area contributed by atoms with E-state index in [2.05, 4.69) is 39.0 Å². The number of rotatable bonds is 3. The Balaban J connectivity index is 1.47. The van der Waals surface area contributed by atoms with Gasteiger partial charge in [-0.05, 0) is 17.5 Å². The molecule has 148 valence electrons. The molecule has 4 heterocycles. The second-order valence-electron chi connectivity index (χ2n) is 7.37. The Labute approximate surface area is 165 Å². The number of hydrogen-bond donors (Lipinski definition) is 0. The lowest BCUT2D eigenvalue weighted by molar-refractivity contribution is 0.121. The molecule has 5 rings (SSSR count). The van der Waals surface area contributed by atoms with Crippen LogP contribution in [0.25, 0.3) is 0 Å². The first-order valence-electron chi connectivity index (χ1n) is 10.1. The van der Waals surface area contributed by atoms with Crippen LogP contribution in [0.5, 0.6) is 0 Å². The fourth-order valence-electron chi connectivity index (χ4n) is 3.96. The van der Waals surface area contributed by atoms with Gasteiger partial charge in [0.1, 0.15) is 0 Å². The van der Waals surface area contributed by atoms with Crippen LogP contribution >= 0.6 is 0 Å². The van der Waals surface area contributed by atoms with Gasteiger partial charge in [-0.1, -0.05) is 24.3 Å². The SMILES string of the molecule is c1ccc2c(c1)CCN(c1nc(N3CCOCC3)nc(N3CCOCC3)n1)C2. The van der Waals surface area contributed by atoms with Crippen LogP contribution in [-0.4, -0.2) is 74.1 Å². The van der Waals surface area contributed by atoms with Crippen molar-refractivity contribution >= 4 is 17.8 Å². The highest BCUT2D eigenvalue weighted by Crippen LogP contribution is 2.25. The topological polar surface area (TPSA) is 66.9 Å². The number of ether oxygens (including phenoxy) is 2. The fraction of sp³-hybridized carbons (Fsp3) is 0.550. The van der Waals surface area contributed by atoms with Gasteiger partial charge in [0.05, 0.1) is 26.4 Å². The molecule has 0 saturated carbocycles. The molecule has 8 heteroatoms. The lowest BCUT2D eigenvalue weighted by Crippen LogP contribution is -2.41. The molecular weight excluding hydrogens is 356 g/mol. The maximum Gasteiger partial charge on any atom is 0.232 e. The second kappa shape index (κ2) is 7.89. The molecule has 0 unspecified atom stereocenters. The summed E-state index contributed by atoms with van der Waals surface area (Å²) < 4.78 is 11.0. The van der Waals surface area contributed by atoms with Gasteiger partial charge in [0.2, 0.25) is 17.8 Å². The summed E-state index contributed by atoms with van der Waals surface area (Å²) >= 11 is 0. The molecule has 1 aromatic carbocycles. The van der Waals surface area contributed by atoms with E-state index in [1.165, 1.54) is 11.1 Å². The molecule has 0 bridgehead atoms. The first-order valence-corrected chi connectivity index (χ1v) is 10.1. The first-order chi connectivity index (χ1) is 13.9. The quantitative estimate of drug-likeness (QED) is 0.782. The number of anilines is 3. The molecule has 2 saturated heterocycles. The van der Waals surface area contributed by atoms with Crippen molar-refractivity contribution in [2.24, 2.45) is 0 Å². The molecule has 0 atom stereocenters. The molecule has 0 N–H and O–H groups in total. The number of hydrogen-bond acceptors (Lipinski definition) is 8. The molecule has 2 aromatic rings. The Morgan fingerprint density at radius 1 is 0.607 bits per heavy atom. The van der Waals surface area contributed by atoms with E-state index in [9.17, 15) is 0 Å². The van der Waals surface area contributed by atoms with Crippen molar-refractivity contribution in [3.63, 3.8) is 0 Å². The molecule has 2 fully saturated rings. The van der Waals surface area contributed by atoms with E-state index in [1.807, 2.05) is 0 Å². The summed E-state index contributed by atoms with van der Waals surface area (Å²) in [6.07, 6.45) is 1.02. The molecule has 0 spiro atoms. The maximum atomic E-state index is 5.50.